The first-order valence-electron chi connectivity index (χ1n) is 5.54. The highest BCUT2D eigenvalue weighted by Crippen LogP contribution is 2.25. The maximum atomic E-state index is 12.0. The third kappa shape index (κ3) is 5.94. The van der Waals surface area contributed by atoms with Crippen molar-refractivity contribution >= 4 is 23.2 Å². The molecular weight excluding hydrogens is 286 g/mol. The smallest absolute Gasteiger partial charge is 0.327 e. The SMILES string of the molecule is NC(CCCC(F)(F)F)Cc1ccc(Cl)c(Cl)c1. The van der Waals surface area contributed by atoms with Crippen LogP contribution in [-0.4, -0.2) is 12.2 Å². The molecule has 1 aromatic carbocycles. The Hall–Kier alpha value is -0.450. The van der Waals surface area contributed by atoms with Gasteiger partial charge in [0.25, 0.3) is 0 Å². The summed E-state index contributed by atoms with van der Waals surface area (Å²) < 4.78 is 35.9. The molecule has 0 bridgehead atoms. The van der Waals surface area contributed by atoms with E-state index >= 15 is 0 Å². The highest BCUT2D eigenvalue weighted by atomic mass is 35.5. The van der Waals surface area contributed by atoms with Crippen molar-refractivity contribution in [1.29, 1.82) is 0 Å². The van der Waals surface area contributed by atoms with Crippen LogP contribution in [0.1, 0.15) is 24.8 Å². The molecule has 1 nitrogen and oxygen atoms in total. The monoisotopic (exact) mass is 299 g/mol. The average Bonchev–Trinajstić information content (AvgIpc) is 2.21. The predicted octanol–water partition coefficient (Wildman–Crippen LogP) is 4.60. The Morgan fingerprint density at radius 3 is 2.39 bits per heavy atom. The van der Waals surface area contributed by atoms with Gasteiger partial charge in [-0.1, -0.05) is 29.3 Å². The van der Waals surface area contributed by atoms with Gasteiger partial charge >= 0.3 is 6.18 Å². The summed E-state index contributed by atoms with van der Waals surface area (Å²) in [6.07, 6.45) is -4.02. The minimum Gasteiger partial charge on any atom is -0.327 e. The fourth-order valence-corrected chi connectivity index (χ4v) is 1.96. The van der Waals surface area contributed by atoms with Crippen molar-refractivity contribution in [1.82, 2.24) is 0 Å². The normalized spacial score (nSPS) is 13.7. The van der Waals surface area contributed by atoms with E-state index in [0.29, 0.717) is 22.9 Å². The van der Waals surface area contributed by atoms with Crippen molar-refractivity contribution in [2.75, 3.05) is 0 Å². The lowest BCUT2D eigenvalue weighted by Gasteiger charge is -2.13. The lowest BCUT2D eigenvalue weighted by Crippen LogP contribution is -2.23. The summed E-state index contributed by atoms with van der Waals surface area (Å²) in [7, 11) is 0. The zero-order valence-corrected chi connectivity index (χ0v) is 11.1. The molecule has 0 aliphatic rings. The van der Waals surface area contributed by atoms with Crippen molar-refractivity contribution in [2.45, 2.75) is 37.9 Å². The molecule has 0 saturated heterocycles. The van der Waals surface area contributed by atoms with E-state index in [1.807, 2.05) is 0 Å². The van der Waals surface area contributed by atoms with E-state index in [9.17, 15) is 13.2 Å². The lowest BCUT2D eigenvalue weighted by molar-refractivity contribution is -0.135. The fourth-order valence-electron chi connectivity index (χ4n) is 1.64. The fraction of sp³-hybridized carbons (Fsp3) is 0.500. The molecule has 0 heterocycles. The molecule has 1 atom stereocenters. The first-order valence-corrected chi connectivity index (χ1v) is 6.30. The molecule has 0 aliphatic heterocycles. The molecule has 1 rings (SSSR count). The Morgan fingerprint density at radius 2 is 1.83 bits per heavy atom. The summed E-state index contributed by atoms with van der Waals surface area (Å²) in [4.78, 5) is 0. The molecule has 0 saturated carbocycles. The number of nitrogens with two attached hydrogens (primary N) is 1. The molecule has 6 heteroatoms. The first kappa shape index (κ1) is 15.6. The van der Waals surface area contributed by atoms with Crippen LogP contribution in [0.15, 0.2) is 18.2 Å². The van der Waals surface area contributed by atoms with Gasteiger partial charge in [-0.15, -0.1) is 0 Å². The Kier molecular flexibility index (Phi) is 5.76. The Labute approximate surface area is 114 Å². The standard InChI is InChI=1S/C12H14Cl2F3N/c13-10-4-3-8(7-11(10)14)6-9(18)2-1-5-12(15,16)17/h3-4,7,9H,1-2,5-6,18H2. The van der Waals surface area contributed by atoms with Crippen molar-refractivity contribution in [3.63, 3.8) is 0 Å². The second kappa shape index (κ2) is 6.64. The molecule has 0 radical (unpaired) electrons. The van der Waals surface area contributed by atoms with Crippen LogP contribution in [0, 0.1) is 0 Å². The average molecular weight is 300 g/mol. The number of benzene rings is 1. The van der Waals surface area contributed by atoms with E-state index in [-0.39, 0.29) is 12.5 Å². The highest BCUT2D eigenvalue weighted by molar-refractivity contribution is 6.42. The molecule has 1 unspecified atom stereocenters. The Bertz CT molecular complexity index is 393. The second-order valence-electron chi connectivity index (χ2n) is 4.22. The maximum absolute atomic E-state index is 12.0. The third-order valence-corrected chi connectivity index (χ3v) is 3.26. The molecule has 102 valence electrons. The lowest BCUT2D eigenvalue weighted by atomic mass is 10.0. The van der Waals surface area contributed by atoms with Crippen LogP contribution in [0.2, 0.25) is 10.0 Å². The quantitative estimate of drug-likeness (QED) is 0.845. The summed E-state index contributed by atoms with van der Waals surface area (Å²) in [6, 6.07) is 4.82. The number of hydrogen-bond acceptors (Lipinski definition) is 1. The molecule has 0 spiro atoms. The number of halogens is 5. The Balaban J connectivity index is 2.40. The molecule has 0 fully saturated rings. The Morgan fingerprint density at radius 1 is 1.17 bits per heavy atom. The minimum absolute atomic E-state index is 0.0476. The molecule has 2 N–H and O–H groups in total. The molecular formula is C12H14Cl2F3N. The van der Waals surface area contributed by atoms with Crippen LogP contribution in [0.4, 0.5) is 13.2 Å². The summed E-state index contributed by atoms with van der Waals surface area (Å²) in [5.41, 5.74) is 6.66. The van der Waals surface area contributed by atoms with Crippen molar-refractivity contribution in [3.05, 3.63) is 33.8 Å². The van der Waals surface area contributed by atoms with Crippen LogP contribution < -0.4 is 5.73 Å². The van der Waals surface area contributed by atoms with E-state index < -0.39 is 12.6 Å². The van der Waals surface area contributed by atoms with Gasteiger partial charge < -0.3 is 5.73 Å². The summed E-state index contributed by atoms with van der Waals surface area (Å²) in [5.74, 6) is 0. The van der Waals surface area contributed by atoms with Crippen LogP contribution in [-0.2, 0) is 6.42 Å². The molecule has 1 aromatic rings. The maximum Gasteiger partial charge on any atom is 0.389 e. The largest absolute Gasteiger partial charge is 0.389 e. The van der Waals surface area contributed by atoms with Gasteiger partial charge in [-0.2, -0.15) is 13.2 Å². The van der Waals surface area contributed by atoms with E-state index in [0.717, 1.165) is 5.56 Å². The van der Waals surface area contributed by atoms with Crippen LogP contribution in [0.25, 0.3) is 0 Å². The van der Waals surface area contributed by atoms with Crippen LogP contribution in [0.3, 0.4) is 0 Å². The summed E-state index contributed by atoms with van der Waals surface area (Å²) >= 11 is 11.6. The van der Waals surface area contributed by atoms with Crippen molar-refractivity contribution in [3.8, 4) is 0 Å². The summed E-state index contributed by atoms with van der Waals surface area (Å²) in [6.45, 7) is 0. The van der Waals surface area contributed by atoms with E-state index in [4.69, 9.17) is 28.9 Å². The van der Waals surface area contributed by atoms with E-state index in [1.54, 1.807) is 18.2 Å². The predicted molar refractivity (Wildman–Crippen MR) is 68.0 cm³/mol. The first-order chi connectivity index (χ1) is 8.28. The molecule has 18 heavy (non-hydrogen) atoms. The topological polar surface area (TPSA) is 26.0 Å². The van der Waals surface area contributed by atoms with Crippen molar-refractivity contribution < 1.29 is 13.2 Å². The molecule has 0 aromatic heterocycles. The van der Waals surface area contributed by atoms with Gasteiger partial charge in [-0.3, -0.25) is 0 Å². The zero-order valence-electron chi connectivity index (χ0n) is 9.61. The van der Waals surface area contributed by atoms with Gasteiger partial charge in [0.1, 0.15) is 0 Å². The van der Waals surface area contributed by atoms with Gasteiger partial charge in [-0.05, 0) is 37.0 Å². The second-order valence-corrected chi connectivity index (χ2v) is 5.03. The number of rotatable bonds is 5. The van der Waals surface area contributed by atoms with E-state index in [1.165, 1.54) is 0 Å². The summed E-state index contributed by atoms with van der Waals surface area (Å²) in [5, 5.41) is 0.878. The number of alkyl halides is 3. The number of hydrogen-bond donors (Lipinski definition) is 1. The van der Waals surface area contributed by atoms with Crippen LogP contribution >= 0.6 is 23.2 Å². The highest BCUT2D eigenvalue weighted by Gasteiger charge is 2.26. The molecule has 0 aliphatic carbocycles. The van der Waals surface area contributed by atoms with Gasteiger partial charge in [-0.25, -0.2) is 0 Å². The van der Waals surface area contributed by atoms with Crippen molar-refractivity contribution in [2.24, 2.45) is 5.73 Å². The van der Waals surface area contributed by atoms with Crippen LogP contribution in [0.5, 0.6) is 0 Å². The van der Waals surface area contributed by atoms with Gasteiger partial charge in [0.15, 0.2) is 0 Å². The van der Waals surface area contributed by atoms with Gasteiger partial charge in [0.2, 0.25) is 0 Å². The van der Waals surface area contributed by atoms with E-state index in [2.05, 4.69) is 0 Å². The minimum atomic E-state index is -4.11. The third-order valence-electron chi connectivity index (χ3n) is 2.52. The van der Waals surface area contributed by atoms with Gasteiger partial charge in [0, 0.05) is 12.5 Å². The zero-order chi connectivity index (χ0) is 13.8. The van der Waals surface area contributed by atoms with Gasteiger partial charge in [0.05, 0.1) is 10.0 Å². The molecule has 0 amide bonds.